The van der Waals surface area contributed by atoms with Gasteiger partial charge in [0.25, 0.3) is 10.0 Å². The number of anilines is 2. The third-order valence-corrected chi connectivity index (χ3v) is 4.50. The van der Waals surface area contributed by atoms with Crippen LogP contribution in [0, 0.1) is 0 Å². The summed E-state index contributed by atoms with van der Waals surface area (Å²) >= 11 is 5.81. The number of nitrogens with one attached hydrogen (secondary N) is 1. The highest BCUT2D eigenvalue weighted by molar-refractivity contribution is 7.92. The van der Waals surface area contributed by atoms with Crippen LogP contribution < -0.4 is 10.5 Å². The predicted octanol–water partition coefficient (Wildman–Crippen LogP) is 3.29. The standard InChI is InChI=1S/C14H15ClN2O2S/c1-2-10-6-7-12(9-14(10)16)17-20(18,19)13-5-3-4-11(15)8-13/h3-9,17H,2,16H2,1H3. The Hall–Kier alpha value is -1.72. The van der Waals surface area contributed by atoms with Crippen LogP contribution in [0.2, 0.25) is 5.02 Å². The first kappa shape index (κ1) is 14.7. The number of sulfonamides is 1. The van der Waals surface area contributed by atoms with Gasteiger partial charge in [0.1, 0.15) is 0 Å². The van der Waals surface area contributed by atoms with Crippen LogP contribution in [-0.4, -0.2) is 8.42 Å². The molecular weight excluding hydrogens is 296 g/mol. The summed E-state index contributed by atoms with van der Waals surface area (Å²) in [5.74, 6) is 0. The van der Waals surface area contributed by atoms with E-state index in [1.807, 2.05) is 13.0 Å². The zero-order valence-electron chi connectivity index (χ0n) is 10.9. The maximum absolute atomic E-state index is 12.2. The van der Waals surface area contributed by atoms with Gasteiger partial charge in [-0.05, 0) is 42.3 Å². The molecule has 0 heterocycles. The van der Waals surface area contributed by atoms with Crippen molar-refractivity contribution in [1.82, 2.24) is 0 Å². The average Bonchev–Trinajstić information content (AvgIpc) is 2.38. The van der Waals surface area contributed by atoms with Gasteiger partial charge in [-0.2, -0.15) is 0 Å². The average molecular weight is 311 g/mol. The minimum Gasteiger partial charge on any atom is -0.398 e. The van der Waals surface area contributed by atoms with Crippen molar-refractivity contribution < 1.29 is 8.42 Å². The van der Waals surface area contributed by atoms with Crippen molar-refractivity contribution >= 4 is 33.0 Å². The van der Waals surface area contributed by atoms with E-state index in [-0.39, 0.29) is 4.90 Å². The van der Waals surface area contributed by atoms with Crippen LogP contribution in [0.15, 0.2) is 47.4 Å². The number of nitrogen functional groups attached to an aromatic ring is 1. The molecule has 0 unspecified atom stereocenters. The van der Waals surface area contributed by atoms with E-state index < -0.39 is 10.0 Å². The lowest BCUT2D eigenvalue weighted by atomic mass is 10.1. The Bertz CT molecular complexity index is 730. The number of hydrogen-bond donors (Lipinski definition) is 2. The van der Waals surface area contributed by atoms with E-state index in [2.05, 4.69) is 4.72 Å². The highest BCUT2D eigenvalue weighted by Gasteiger charge is 2.14. The first-order chi connectivity index (χ1) is 9.42. The number of nitrogens with two attached hydrogens (primary N) is 1. The fourth-order valence-electron chi connectivity index (χ4n) is 1.83. The van der Waals surface area contributed by atoms with Gasteiger partial charge in [0, 0.05) is 10.7 Å². The van der Waals surface area contributed by atoms with Gasteiger partial charge < -0.3 is 5.73 Å². The SMILES string of the molecule is CCc1ccc(NS(=O)(=O)c2cccc(Cl)c2)cc1N. The van der Waals surface area contributed by atoms with Crippen LogP contribution in [0.3, 0.4) is 0 Å². The smallest absolute Gasteiger partial charge is 0.261 e. The quantitative estimate of drug-likeness (QED) is 0.851. The van der Waals surface area contributed by atoms with Gasteiger partial charge in [0.05, 0.1) is 10.6 Å². The van der Waals surface area contributed by atoms with E-state index in [0.717, 1.165) is 12.0 Å². The predicted molar refractivity (Wildman–Crippen MR) is 82.5 cm³/mol. The minimum atomic E-state index is -3.66. The second kappa shape index (κ2) is 5.73. The second-order valence-electron chi connectivity index (χ2n) is 4.33. The molecule has 0 spiro atoms. The lowest BCUT2D eigenvalue weighted by Crippen LogP contribution is -2.13. The molecule has 0 radical (unpaired) electrons. The van der Waals surface area contributed by atoms with Crippen molar-refractivity contribution in [3.8, 4) is 0 Å². The number of halogens is 1. The second-order valence-corrected chi connectivity index (χ2v) is 6.45. The molecule has 0 bridgehead atoms. The molecular formula is C14H15ClN2O2S. The summed E-state index contributed by atoms with van der Waals surface area (Å²) in [5, 5.41) is 0.369. The highest BCUT2D eigenvalue weighted by atomic mass is 35.5. The van der Waals surface area contributed by atoms with Crippen molar-refractivity contribution in [2.75, 3.05) is 10.5 Å². The van der Waals surface area contributed by atoms with Crippen LogP contribution in [-0.2, 0) is 16.4 Å². The fraction of sp³-hybridized carbons (Fsp3) is 0.143. The third kappa shape index (κ3) is 3.23. The van der Waals surface area contributed by atoms with Crippen molar-refractivity contribution in [1.29, 1.82) is 0 Å². The zero-order valence-corrected chi connectivity index (χ0v) is 12.5. The van der Waals surface area contributed by atoms with Gasteiger partial charge in [-0.25, -0.2) is 8.42 Å². The number of rotatable bonds is 4. The summed E-state index contributed by atoms with van der Waals surface area (Å²) < 4.78 is 26.9. The molecule has 4 nitrogen and oxygen atoms in total. The Labute approximate surface area is 123 Å². The Morgan fingerprint density at radius 3 is 2.55 bits per heavy atom. The van der Waals surface area contributed by atoms with Gasteiger partial charge in [-0.1, -0.05) is 30.7 Å². The molecule has 20 heavy (non-hydrogen) atoms. The van der Waals surface area contributed by atoms with Gasteiger partial charge in [-0.15, -0.1) is 0 Å². The van der Waals surface area contributed by atoms with E-state index in [1.165, 1.54) is 12.1 Å². The summed E-state index contributed by atoms with van der Waals surface area (Å²) in [4.78, 5) is 0.114. The third-order valence-electron chi connectivity index (χ3n) is 2.89. The number of aryl methyl sites for hydroxylation is 1. The maximum Gasteiger partial charge on any atom is 0.261 e. The Kier molecular flexibility index (Phi) is 4.20. The highest BCUT2D eigenvalue weighted by Crippen LogP contribution is 2.22. The lowest BCUT2D eigenvalue weighted by Gasteiger charge is -2.10. The Morgan fingerprint density at radius 2 is 1.95 bits per heavy atom. The van der Waals surface area contributed by atoms with Gasteiger partial charge in [-0.3, -0.25) is 4.72 Å². The summed E-state index contributed by atoms with van der Waals surface area (Å²) in [6.45, 7) is 1.99. The largest absolute Gasteiger partial charge is 0.398 e. The van der Waals surface area contributed by atoms with Crippen LogP contribution in [0.25, 0.3) is 0 Å². The summed E-state index contributed by atoms with van der Waals surface area (Å²) in [7, 11) is -3.66. The summed E-state index contributed by atoms with van der Waals surface area (Å²) in [6, 6.07) is 11.2. The maximum atomic E-state index is 12.2. The molecule has 6 heteroatoms. The van der Waals surface area contributed by atoms with Crippen molar-refractivity contribution in [3.05, 3.63) is 53.1 Å². The molecule has 0 atom stereocenters. The first-order valence-corrected chi connectivity index (χ1v) is 7.95. The number of benzene rings is 2. The van der Waals surface area contributed by atoms with Gasteiger partial charge >= 0.3 is 0 Å². The van der Waals surface area contributed by atoms with E-state index in [1.54, 1.807) is 24.3 Å². The molecule has 0 fully saturated rings. The monoisotopic (exact) mass is 310 g/mol. The van der Waals surface area contributed by atoms with Crippen LogP contribution >= 0.6 is 11.6 Å². The molecule has 2 aromatic carbocycles. The Balaban J connectivity index is 2.31. The molecule has 0 aliphatic heterocycles. The molecule has 2 rings (SSSR count). The van der Waals surface area contributed by atoms with E-state index in [0.29, 0.717) is 16.4 Å². The molecule has 0 amide bonds. The van der Waals surface area contributed by atoms with Crippen LogP contribution in [0.5, 0.6) is 0 Å². The van der Waals surface area contributed by atoms with Gasteiger partial charge in [0.15, 0.2) is 0 Å². The summed E-state index contributed by atoms with van der Waals surface area (Å²) in [6.07, 6.45) is 0.799. The van der Waals surface area contributed by atoms with Crippen molar-refractivity contribution in [2.24, 2.45) is 0 Å². The normalized spacial score (nSPS) is 11.3. The molecule has 0 aliphatic carbocycles. The number of hydrogen-bond acceptors (Lipinski definition) is 3. The molecule has 2 aromatic rings. The molecule has 0 aromatic heterocycles. The lowest BCUT2D eigenvalue weighted by molar-refractivity contribution is 0.601. The molecule has 0 aliphatic rings. The molecule has 3 N–H and O–H groups in total. The zero-order chi connectivity index (χ0) is 14.8. The van der Waals surface area contributed by atoms with E-state index in [4.69, 9.17) is 17.3 Å². The van der Waals surface area contributed by atoms with E-state index in [9.17, 15) is 8.42 Å². The fourth-order valence-corrected chi connectivity index (χ4v) is 3.18. The molecule has 0 saturated heterocycles. The topological polar surface area (TPSA) is 72.2 Å². The van der Waals surface area contributed by atoms with Crippen LogP contribution in [0.1, 0.15) is 12.5 Å². The van der Waals surface area contributed by atoms with Crippen molar-refractivity contribution in [2.45, 2.75) is 18.2 Å². The van der Waals surface area contributed by atoms with E-state index >= 15 is 0 Å². The Morgan fingerprint density at radius 1 is 1.20 bits per heavy atom. The minimum absolute atomic E-state index is 0.114. The van der Waals surface area contributed by atoms with Gasteiger partial charge in [0.2, 0.25) is 0 Å². The molecule has 106 valence electrons. The summed E-state index contributed by atoms with van der Waals surface area (Å²) in [5.41, 5.74) is 7.84. The first-order valence-electron chi connectivity index (χ1n) is 6.09. The molecule has 0 saturated carbocycles. The van der Waals surface area contributed by atoms with Crippen molar-refractivity contribution in [3.63, 3.8) is 0 Å². The van der Waals surface area contributed by atoms with Crippen LogP contribution in [0.4, 0.5) is 11.4 Å².